The fraction of sp³-hybridized carbons (Fsp3) is 0. The van der Waals surface area contributed by atoms with Gasteiger partial charge in [-0.15, -0.1) is 11.3 Å². The summed E-state index contributed by atoms with van der Waals surface area (Å²) < 4.78 is 0. The SMILES string of the molecule is N#Cc1c(N=Cc2cccs2)n[nH]c1Nc1cccc(Cl)c1. The van der Waals surface area contributed by atoms with E-state index in [2.05, 4.69) is 26.6 Å². The lowest BCUT2D eigenvalue weighted by Crippen LogP contribution is -1.92. The number of benzene rings is 1. The summed E-state index contributed by atoms with van der Waals surface area (Å²) in [5.74, 6) is 0.837. The minimum absolute atomic E-state index is 0.348. The Morgan fingerprint density at radius 1 is 1.36 bits per heavy atom. The molecule has 1 aromatic carbocycles. The smallest absolute Gasteiger partial charge is 0.193 e. The van der Waals surface area contributed by atoms with Crippen molar-refractivity contribution < 1.29 is 0 Å². The molecule has 0 radical (unpaired) electrons. The Hall–Kier alpha value is -2.62. The normalized spacial score (nSPS) is 10.7. The highest BCUT2D eigenvalue weighted by Gasteiger charge is 2.12. The maximum absolute atomic E-state index is 9.33. The van der Waals surface area contributed by atoms with E-state index in [9.17, 15) is 5.26 Å². The van der Waals surface area contributed by atoms with E-state index in [-0.39, 0.29) is 0 Å². The zero-order valence-electron chi connectivity index (χ0n) is 11.2. The molecule has 0 atom stereocenters. The summed E-state index contributed by atoms with van der Waals surface area (Å²) in [5, 5.41) is 21.8. The molecule has 0 bridgehead atoms. The Bertz CT molecular complexity index is 845. The van der Waals surface area contributed by atoms with Crippen LogP contribution in [0.1, 0.15) is 10.4 Å². The predicted molar refractivity (Wildman–Crippen MR) is 89.6 cm³/mol. The number of aromatic nitrogens is 2. The molecule has 2 heterocycles. The van der Waals surface area contributed by atoms with Crippen LogP contribution in [-0.4, -0.2) is 16.4 Å². The van der Waals surface area contributed by atoms with Crippen LogP contribution in [-0.2, 0) is 0 Å². The zero-order valence-corrected chi connectivity index (χ0v) is 12.8. The second-order valence-electron chi connectivity index (χ2n) is 4.32. The van der Waals surface area contributed by atoms with E-state index in [1.165, 1.54) is 0 Å². The molecule has 2 aromatic heterocycles. The Morgan fingerprint density at radius 3 is 3.00 bits per heavy atom. The first-order valence-corrected chi connectivity index (χ1v) is 7.60. The van der Waals surface area contributed by atoms with E-state index in [4.69, 9.17) is 11.6 Å². The average molecular weight is 328 g/mol. The monoisotopic (exact) mass is 327 g/mol. The lowest BCUT2D eigenvalue weighted by atomic mass is 10.3. The molecule has 3 aromatic rings. The van der Waals surface area contributed by atoms with Gasteiger partial charge in [0.25, 0.3) is 0 Å². The third kappa shape index (κ3) is 3.17. The quantitative estimate of drug-likeness (QED) is 0.693. The van der Waals surface area contributed by atoms with Crippen molar-refractivity contribution in [1.82, 2.24) is 10.2 Å². The van der Waals surface area contributed by atoms with Gasteiger partial charge in [0.05, 0.1) is 0 Å². The topological polar surface area (TPSA) is 76.9 Å². The fourth-order valence-corrected chi connectivity index (χ4v) is 2.60. The molecule has 0 saturated carbocycles. The number of nitriles is 1. The van der Waals surface area contributed by atoms with Crippen molar-refractivity contribution in [3.63, 3.8) is 0 Å². The molecule has 2 N–H and O–H groups in total. The van der Waals surface area contributed by atoms with Crippen molar-refractivity contribution in [2.45, 2.75) is 0 Å². The standard InChI is InChI=1S/C15H10ClN5S/c16-10-3-1-4-11(7-10)19-15-13(8-17)14(20-21-15)18-9-12-5-2-6-22-12/h1-7,9H,(H2,19,20,21). The fourth-order valence-electron chi connectivity index (χ4n) is 1.82. The molecule has 0 spiro atoms. The highest BCUT2D eigenvalue weighted by atomic mass is 35.5. The van der Waals surface area contributed by atoms with E-state index in [0.29, 0.717) is 22.2 Å². The largest absolute Gasteiger partial charge is 0.339 e. The van der Waals surface area contributed by atoms with E-state index < -0.39 is 0 Å². The van der Waals surface area contributed by atoms with Crippen molar-refractivity contribution >= 4 is 46.5 Å². The van der Waals surface area contributed by atoms with Gasteiger partial charge in [-0.25, -0.2) is 4.99 Å². The van der Waals surface area contributed by atoms with Crippen LogP contribution in [0.25, 0.3) is 0 Å². The van der Waals surface area contributed by atoms with E-state index >= 15 is 0 Å². The van der Waals surface area contributed by atoms with Gasteiger partial charge in [-0.1, -0.05) is 23.7 Å². The Kier molecular flexibility index (Phi) is 4.19. The third-order valence-electron chi connectivity index (χ3n) is 2.81. The summed E-state index contributed by atoms with van der Waals surface area (Å²) in [6.07, 6.45) is 1.69. The van der Waals surface area contributed by atoms with E-state index in [1.807, 2.05) is 29.6 Å². The maximum Gasteiger partial charge on any atom is 0.193 e. The zero-order chi connectivity index (χ0) is 15.4. The first-order valence-electron chi connectivity index (χ1n) is 6.35. The molecule has 108 valence electrons. The summed E-state index contributed by atoms with van der Waals surface area (Å²) in [6.45, 7) is 0. The van der Waals surface area contributed by atoms with Crippen LogP contribution in [0.5, 0.6) is 0 Å². The van der Waals surface area contributed by atoms with Crippen molar-refractivity contribution in [2.24, 2.45) is 4.99 Å². The number of hydrogen-bond acceptors (Lipinski definition) is 5. The lowest BCUT2D eigenvalue weighted by molar-refractivity contribution is 1.09. The van der Waals surface area contributed by atoms with Crippen LogP contribution in [0, 0.1) is 11.3 Å². The van der Waals surface area contributed by atoms with Gasteiger partial charge in [0.15, 0.2) is 5.82 Å². The van der Waals surface area contributed by atoms with Crippen LogP contribution in [0.2, 0.25) is 5.02 Å². The summed E-state index contributed by atoms with van der Waals surface area (Å²) in [6, 6.07) is 13.2. The van der Waals surface area contributed by atoms with Crippen LogP contribution >= 0.6 is 22.9 Å². The molecule has 0 aliphatic rings. The average Bonchev–Trinajstić information content (AvgIpc) is 3.14. The number of aliphatic imine (C=N–C) groups is 1. The van der Waals surface area contributed by atoms with Gasteiger partial charge in [-0.05, 0) is 29.6 Å². The number of H-pyrrole nitrogens is 1. The van der Waals surface area contributed by atoms with Gasteiger partial charge in [0, 0.05) is 21.8 Å². The van der Waals surface area contributed by atoms with Crippen molar-refractivity contribution in [3.8, 4) is 6.07 Å². The second kappa shape index (κ2) is 6.43. The maximum atomic E-state index is 9.33. The van der Waals surface area contributed by atoms with Crippen LogP contribution in [0.4, 0.5) is 17.3 Å². The number of thiophene rings is 1. The third-order valence-corrected chi connectivity index (χ3v) is 3.85. The molecular formula is C15H10ClN5S. The van der Waals surface area contributed by atoms with Gasteiger partial charge >= 0.3 is 0 Å². The molecule has 0 aliphatic carbocycles. The summed E-state index contributed by atoms with van der Waals surface area (Å²) in [4.78, 5) is 5.25. The Labute approximate surface area is 135 Å². The molecule has 0 fully saturated rings. The minimum atomic E-state index is 0.348. The van der Waals surface area contributed by atoms with Crippen molar-refractivity contribution in [3.05, 3.63) is 57.2 Å². The molecule has 0 saturated heterocycles. The van der Waals surface area contributed by atoms with Gasteiger partial charge in [-0.2, -0.15) is 10.4 Å². The Balaban J connectivity index is 1.86. The summed E-state index contributed by atoms with van der Waals surface area (Å²) >= 11 is 7.51. The molecule has 0 unspecified atom stereocenters. The van der Waals surface area contributed by atoms with Crippen molar-refractivity contribution in [2.75, 3.05) is 5.32 Å². The summed E-state index contributed by atoms with van der Waals surface area (Å²) in [5.41, 5.74) is 1.12. The summed E-state index contributed by atoms with van der Waals surface area (Å²) in [7, 11) is 0. The number of rotatable bonds is 4. The highest BCUT2D eigenvalue weighted by molar-refractivity contribution is 7.11. The number of nitrogens with zero attached hydrogens (tertiary/aromatic N) is 3. The molecule has 0 aliphatic heterocycles. The number of halogens is 1. The van der Waals surface area contributed by atoms with Crippen molar-refractivity contribution in [1.29, 1.82) is 5.26 Å². The molecule has 0 amide bonds. The number of hydrogen-bond donors (Lipinski definition) is 2. The predicted octanol–water partition coefficient (Wildman–Crippen LogP) is 4.49. The van der Waals surface area contributed by atoms with E-state index in [0.717, 1.165) is 10.6 Å². The number of anilines is 2. The molecule has 5 nitrogen and oxygen atoms in total. The molecular weight excluding hydrogens is 318 g/mol. The van der Waals surface area contributed by atoms with Crippen LogP contribution in [0.15, 0.2) is 46.8 Å². The van der Waals surface area contributed by atoms with Gasteiger partial charge < -0.3 is 5.32 Å². The van der Waals surface area contributed by atoms with Gasteiger partial charge in [0.1, 0.15) is 17.5 Å². The van der Waals surface area contributed by atoms with E-state index in [1.54, 1.807) is 29.7 Å². The lowest BCUT2D eigenvalue weighted by Gasteiger charge is -2.03. The first kappa shape index (κ1) is 14.3. The van der Waals surface area contributed by atoms with Crippen LogP contribution < -0.4 is 5.32 Å². The number of nitrogens with one attached hydrogen (secondary N) is 2. The van der Waals surface area contributed by atoms with Crippen LogP contribution in [0.3, 0.4) is 0 Å². The molecule has 3 rings (SSSR count). The molecule has 22 heavy (non-hydrogen) atoms. The highest BCUT2D eigenvalue weighted by Crippen LogP contribution is 2.26. The minimum Gasteiger partial charge on any atom is -0.339 e. The Morgan fingerprint density at radius 2 is 2.27 bits per heavy atom. The molecule has 7 heteroatoms. The number of aromatic amines is 1. The van der Waals surface area contributed by atoms with Gasteiger partial charge in [0.2, 0.25) is 0 Å². The second-order valence-corrected chi connectivity index (χ2v) is 5.73. The van der Waals surface area contributed by atoms with Gasteiger partial charge in [-0.3, -0.25) is 5.10 Å². The first-order chi connectivity index (χ1) is 10.8.